The number of halogens is 1. The van der Waals surface area contributed by atoms with E-state index in [-0.39, 0.29) is 17.9 Å². The van der Waals surface area contributed by atoms with Gasteiger partial charge in [0.05, 0.1) is 0 Å². The fraction of sp³-hybridized carbons (Fsp3) is 0.357. The van der Waals surface area contributed by atoms with Crippen LogP contribution in [0.3, 0.4) is 0 Å². The van der Waals surface area contributed by atoms with E-state index in [2.05, 4.69) is 52.2 Å². The van der Waals surface area contributed by atoms with Crippen LogP contribution in [-0.4, -0.2) is 22.7 Å². The molecule has 2 rings (SSSR count). The Morgan fingerprint density at radius 2 is 1.95 bits per heavy atom. The molecule has 0 aliphatic carbocycles. The van der Waals surface area contributed by atoms with Crippen molar-refractivity contribution in [2.75, 3.05) is 11.9 Å². The Kier molecular flexibility index (Phi) is 4.95. The van der Waals surface area contributed by atoms with Crippen LogP contribution < -0.4 is 10.1 Å². The zero-order chi connectivity index (χ0) is 15.5. The summed E-state index contributed by atoms with van der Waals surface area (Å²) in [5.74, 6) is 0.385. The van der Waals surface area contributed by atoms with Crippen molar-refractivity contribution in [3.05, 3.63) is 33.7 Å². The number of benzene rings is 1. The number of ether oxygens (including phenoxy) is 1. The van der Waals surface area contributed by atoms with E-state index in [4.69, 9.17) is 4.74 Å². The number of amides is 1. The van der Waals surface area contributed by atoms with E-state index >= 15 is 0 Å². The number of hydrogen-bond donors (Lipinski definition) is 1. The number of carbonyl (C=O) groups excluding carboxylic acids is 1. The highest BCUT2D eigenvalue weighted by Crippen LogP contribution is 2.27. The summed E-state index contributed by atoms with van der Waals surface area (Å²) < 4.78 is 6.35. The lowest BCUT2D eigenvalue weighted by molar-refractivity contribution is -0.118. The second-order valence-electron chi connectivity index (χ2n) is 5.45. The summed E-state index contributed by atoms with van der Waals surface area (Å²) in [6.45, 7) is 6.09. The van der Waals surface area contributed by atoms with E-state index in [9.17, 15) is 4.79 Å². The molecule has 0 radical (unpaired) electrons. The quantitative estimate of drug-likeness (QED) is 0.893. The molecule has 1 N–H and O–H groups in total. The summed E-state index contributed by atoms with van der Waals surface area (Å²) in [6, 6.07) is 7.29. The Bertz CT molecular complexity index is 620. The Hall–Kier alpha value is -1.47. The molecule has 0 fully saturated rings. The topological polar surface area (TPSA) is 64.1 Å². The molecule has 2 aromatic rings. The van der Waals surface area contributed by atoms with E-state index in [1.54, 1.807) is 12.1 Å². The molecule has 0 atom stereocenters. The minimum absolute atomic E-state index is 0.0634. The van der Waals surface area contributed by atoms with Gasteiger partial charge in [-0.25, -0.2) is 0 Å². The second kappa shape index (κ2) is 6.53. The molecular weight excluding hydrogens is 354 g/mol. The van der Waals surface area contributed by atoms with Gasteiger partial charge in [-0.3, -0.25) is 10.1 Å². The predicted molar refractivity (Wildman–Crippen MR) is 86.9 cm³/mol. The molecule has 5 nitrogen and oxygen atoms in total. The van der Waals surface area contributed by atoms with E-state index in [0.717, 1.165) is 9.48 Å². The average molecular weight is 370 g/mol. The maximum Gasteiger partial charge on any atom is 0.264 e. The van der Waals surface area contributed by atoms with Gasteiger partial charge in [-0.1, -0.05) is 48.0 Å². The SMILES string of the molecule is CC(C)(C)c1nnc(NC(=O)COc2ccc(Br)cc2)s1. The first-order chi connectivity index (χ1) is 9.84. The van der Waals surface area contributed by atoms with Gasteiger partial charge in [0.25, 0.3) is 5.91 Å². The molecule has 1 aromatic heterocycles. The fourth-order valence-electron chi connectivity index (χ4n) is 1.41. The molecule has 0 bridgehead atoms. The van der Waals surface area contributed by atoms with Gasteiger partial charge < -0.3 is 4.74 Å². The van der Waals surface area contributed by atoms with Crippen molar-refractivity contribution in [2.45, 2.75) is 26.2 Å². The van der Waals surface area contributed by atoms with Crippen molar-refractivity contribution in [1.82, 2.24) is 10.2 Å². The summed E-state index contributed by atoms with van der Waals surface area (Å²) >= 11 is 4.72. The second-order valence-corrected chi connectivity index (χ2v) is 7.35. The first-order valence-corrected chi connectivity index (χ1v) is 7.98. The lowest BCUT2D eigenvalue weighted by atomic mass is 9.98. The van der Waals surface area contributed by atoms with Crippen LogP contribution in [-0.2, 0) is 10.2 Å². The molecule has 1 amide bonds. The molecular formula is C14H16BrN3O2S. The highest BCUT2D eigenvalue weighted by Gasteiger charge is 2.20. The monoisotopic (exact) mass is 369 g/mol. The Balaban J connectivity index is 1.87. The van der Waals surface area contributed by atoms with Gasteiger partial charge in [-0.15, -0.1) is 10.2 Å². The molecule has 0 aliphatic rings. The Labute approximate surface area is 135 Å². The van der Waals surface area contributed by atoms with Crippen molar-refractivity contribution >= 4 is 38.3 Å². The molecule has 0 spiro atoms. The molecule has 1 aromatic carbocycles. The molecule has 7 heteroatoms. The highest BCUT2D eigenvalue weighted by molar-refractivity contribution is 9.10. The Morgan fingerprint density at radius 3 is 2.52 bits per heavy atom. The van der Waals surface area contributed by atoms with Crippen LogP contribution in [0.25, 0.3) is 0 Å². The van der Waals surface area contributed by atoms with E-state index in [0.29, 0.717) is 10.9 Å². The van der Waals surface area contributed by atoms with Crippen molar-refractivity contribution in [2.24, 2.45) is 0 Å². The fourth-order valence-corrected chi connectivity index (χ4v) is 2.49. The van der Waals surface area contributed by atoms with Gasteiger partial charge >= 0.3 is 0 Å². The third-order valence-electron chi connectivity index (χ3n) is 2.50. The molecule has 0 aliphatic heterocycles. The molecule has 1 heterocycles. The lowest BCUT2D eigenvalue weighted by Gasteiger charge is -2.12. The number of aromatic nitrogens is 2. The minimum atomic E-state index is -0.255. The first kappa shape index (κ1) is 15.9. The zero-order valence-electron chi connectivity index (χ0n) is 12.0. The summed E-state index contributed by atoms with van der Waals surface area (Å²) in [5, 5.41) is 12.1. The molecule has 0 saturated heterocycles. The molecule has 21 heavy (non-hydrogen) atoms. The summed E-state index contributed by atoms with van der Waals surface area (Å²) in [6.07, 6.45) is 0. The van der Waals surface area contributed by atoms with Gasteiger partial charge in [-0.05, 0) is 24.3 Å². The van der Waals surface area contributed by atoms with Crippen molar-refractivity contribution in [3.8, 4) is 5.75 Å². The summed E-state index contributed by atoms with van der Waals surface area (Å²) in [5.41, 5.74) is -0.0748. The van der Waals surface area contributed by atoms with Crippen LogP contribution in [0.2, 0.25) is 0 Å². The Morgan fingerprint density at radius 1 is 1.29 bits per heavy atom. The number of nitrogens with one attached hydrogen (secondary N) is 1. The lowest BCUT2D eigenvalue weighted by Crippen LogP contribution is -2.20. The van der Waals surface area contributed by atoms with Gasteiger partial charge in [0, 0.05) is 9.89 Å². The minimum Gasteiger partial charge on any atom is -0.484 e. The summed E-state index contributed by atoms with van der Waals surface area (Å²) in [4.78, 5) is 11.8. The highest BCUT2D eigenvalue weighted by atomic mass is 79.9. The number of carbonyl (C=O) groups is 1. The van der Waals surface area contributed by atoms with Crippen LogP contribution in [0.15, 0.2) is 28.7 Å². The maximum atomic E-state index is 11.8. The van der Waals surface area contributed by atoms with Gasteiger partial charge in [0.15, 0.2) is 6.61 Å². The third-order valence-corrected chi connectivity index (χ3v) is 4.29. The van der Waals surface area contributed by atoms with Crippen LogP contribution in [0.5, 0.6) is 5.75 Å². The van der Waals surface area contributed by atoms with Crippen LogP contribution >= 0.6 is 27.3 Å². The van der Waals surface area contributed by atoms with Crippen molar-refractivity contribution in [1.29, 1.82) is 0 Å². The predicted octanol–water partition coefficient (Wildman–Crippen LogP) is 3.62. The van der Waals surface area contributed by atoms with Gasteiger partial charge in [0.2, 0.25) is 5.13 Å². The van der Waals surface area contributed by atoms with Gasteiger partial charge in [0.1, 0.15) is 10.8 Å². The maximum absolute atomic E-state index is 11.8. The molecule has 112 valence electrons. The smallest absolute Gasteiger partial charge is 0.264 e. The third kappa shape index (κ3) is 4.78. The van der Waals surface area contributed by atoms with Crippen molar-refractivity contribution < 1.29 is 9.53 Å². The molecule has 0 saturated carbocycles. The standard InChI is InChI=1S/C14H16BrN3O2S/c1-14(2,3)12-17-18-13(21-12)16-11(19)8-20-10-6-4-9(15)5-7-10/h4-7H,8H2,1-3H3,(H,16,18,19). The van der Waals surface area contributed by atoms with Crippen LogP contribution in [0, 0.1) is 0 Å². The van der Waals surface area contributed by atoms with Crippen molar-refractivity contribution in [3.63, 3.8) is 0 Å². The van der Waals surface area contributed by atoms with Crippen LogP contribution in [0.1, 0.15) is 25.8 Å². The summed E-state index contributed by atoms with van der Waals surface area (Å²) in [7, 11) is 0. The van der Waals surface area contributed by atoms with Crippen LogP contribution in [0.4, 0.5) is 5.13 Å². The van der Waals surface area contributed by atoms with Gasteiger partial charge in [-0.2, -0.15) is 0 Å². The number of anilines is 1. The first-order valence-electron chi connectivity index (χ1n) is 6.37. The average Bonchev–Trinajstić information content (AvgIpc) is 2.86. The molecule has 0 unspecified atom stereocenters. The van der Waals surface area contributed by atoms with E-state index in [1.165, 1.54) is 11.3 Å². The number of nitrogens with zero attached hydrogens (tertiary/aromatic N) is 2. The number of rotatable bonds is 4. The van der Waals surface area contributed by atoms with E-state index in [1.807, 2.05) is 12.1 Å². The number of hydrogen-bond acceptors (Lipinski definition) is 5. The van der Waals surface area contributed by atoms with E-state index < -0.39 is 0 Å². The largest absolute Gasteiger partial charge is 0.484 e. The normalized spacial score (nSPS) is 11.2. The zero-order valence-corrected chi connectivity index (χ0v) is 14.4.